The molecule has 0 radical (unpaired) electrons. The molecule has 3 heteroatoms. The summed E-state index contributed by atoms with van der Waals surface area (Å²) in [6.07, 6.45) is 13.7. The van der Waals surface area contributed by atoms with Gasteiger partial charge in [0.2, 0.25) is 0 Å². The van der Waals surface area contributed by atoms with E-state index in [4.69, 9.17) is 4.74 Å². The molecule has 0 aromatic rings. The summed E-state index contributed by atoms with van der Waals surface area (Å²) in [7, 11) is 1.46. The number of esters is 1. The molecule has 6 unspecified atom stereocenters. The van der Waals surface area contributed by atoms with E-state index in [1.165, 1.54) is 57.6 Å². The van der Waals surface area contributed by atoms with E-state index in [1.54, 1.807) is 0 Å². The lowest BCUT2D eigenvalue weighted by Gasteiger charge is -2.55. The first-order valence-electron chi connectivity index (χ1n) is 13.7. The molecule has 3 fully saturated rings. The van der Waals surface area contributed by atoms with Gasteiger partial charge in [-0.15, -0.1) is 0 Å². The quantitative estimate of drug-likeness (QED) is 0.414. The van der Waals surface area contributed by atoms with Gasteiger partial charge in [-0.2, -0.15) is 0 Å². The van der Waals surface area contributed by atoms with E-state index in [0.29, 0.717) is 35.9 Å². The molecule has 0 N–H and O–H groups in total. The molecular formula is C29H50O3. The second kappa shape index (κ2) is 11.3. The number of ketones is 1. The normalized spacial score (nSPS) is 38.4. The van der Waals surface area contributed by atoms with Crippen molar-refractivity contribution in [3.8, 4) is 0 Å². The molecule has 4 aliphatic carbocycles. The number of allylic oxidation sites excluding steroid dienone is 2. The molecular weight excluding hydrogens is 396 g/mol. The SMILES string of the molecule is CC.CC.COC(=O)CC[C@@H](C)C1CCC2C3CCC4CCCCC4(C)C3=CC(=O)C21C. The van der Waals surface area contributed by atoms with Crippen LogP contribution in [0.3, 0.4) is 0 Å². The third-order valence-corrected chi connectivity index (χ3v) is 9.64. The molecule has 0 saturated heterocycles. The maximum atomic E-state index is 13.6. The molecule has 3 nitrogen and oxygen atoms in total. The summed E-state index contributed by atoms with van der Waals surface area (Å²) in [5.74, 6) is 2.94. The molecule has 32 heavy (non-hydrogen) atoms. The van der Waals surface area contributed by atoms with Gasteiger partial charge in [-0.1, -0.05) is 66.9 Å². The molecule has 0 aromatic heterocycles. The number of hydrogen-bond donors (Lipinski definition) is 0. The Morgan fingerprint density at radius 1 is 1.06 bits per heavy atom. The summed E-state index contributed by atoms with van der Waals surface area (Å²) >= 11 is 0. The summed E-state index contributed by atoms with van der Waals surface area (Å²) in [5, 5.41) is 0. The number of ether oxygens (including phenoxy) is 1. The zero-order valence-corrected chi connectivity index (χ0v) is 22.3. The summed E-state index contributed by atoms with van der Waals surface area (Å²) in [4.78, 5) is 25.2. The van der Waals surface area contributed by atoms with Crippen LogP contribution in [0, 0.1) is 40.4 Å². The Morgan fingerprint density at radius 2 is 1.75 bits per heavy atom. The van der Waals surface area contributed by atoms with Crippen LogP contribution in [-0.2, 0) is 14.3 Å². The van der Waals surface area contributed by atoms with Gasteiger partial charge in [-0.25, -0.2) is 0 Å². The molecule has 0 spiro atoms. The van der Waals surface area contributed by atoms with Gasteiger partial charge in [0.25, 0.3) is 0 Å². The number of fused-ring (bicyclic) bond motifs is 5. The maximum absolute atomic E-state index is 13.6. The third kappa shape index (κ3) is 4.60. The van der Waals surface area contributed by atoms with Crippen LogP contribution in [0.1, 0.15) is 113 Å². The Balaban J connectivity index is 0.000000860. The van der Waals surface area contributed by atoms with E-state index in [9.17, 15) is 9.59 Å². The predicted octanol–water partition coefficient (Wildman–Crippen LogP) is 7.78. The van der Waals surface area contributed by atoms with Crippen LogP contribution in [0.4, 0.5) is 0 Å². The van der Waals surface area contributed by atoms with Crippen molar-refractivity contribution in [2.75, 3.05) is 7.11 Å². The highest BCUT2D eigenvalue weighted by Gasteiger charge is 2.60. The number of rotatable bonds is 4. The summed E-state index contributed by atoms with van der Waals surface area (Å²) in [5.41, 5.74) is 1.56. The second-order valence-corrected chi connectivity index (χ2v) is 10.7. The maximum Gasteiger partial charge on any atom is 0.305 e. The number of hydrogen-bond acceptors (Lipinski definition) is 3. The van der Waals surface area contributed by atoms with E-state index >= 15 is 0 Å². The van der Waals surface area contributed by atoms with Crippen LogP contribution < -0.4 is 0 Å². The number of methoxy groups -OCH3 is 1. The molecule has 4 rings (SSSR count). The Labute approximate surface area is 198 Å². The summed E-state index contributed by atoms with van der Waals surface area (Å²) < 4.78 is 4.83. The lowest BCUT2D eigenvalue weighted by Crippen LogP contribution is -2.51. The van der Waals surface area contributed by atoms with Gasteiger partial charge in [0.1, 0.15) is 0 Å². The van der Waals surface area contributed by atoms with Crippen molar-refractivity contribution in [3.05, 3.63) is 11.6 Å². The van der Waals surface area contributed by atoms with Crippen LogP contribution in [0.5, 0.6) is 0 Å². The second-order valence-electron chi connectivity index (χ2n) is 10.7. The van der Waals surface area contributed by atoms with E-state index < -0.39 is 0 Å². The van der Waals surface area contributed by atoms with E-state index in [2.05, 4.69) is 26.8 Å². The van der Waals surface area contributed by atoms with Gasteiger partial charge in [-0.3, -0.25) is 9.59 Å². The van der Waals surface area contributed by atoms with Gasteiger partial charge in [-0.05, 0) is 86.0 Å². The zero-order valence-electron chi connectivity index (χ0n) is 22.3. The number of carbonyl (C=O) groups excluding carboxylic acids is 2. The van der Waals surface area contributed by atoms with Crippen molar-refractivity contribution in [2.24, 2.45) is 40.4 Å². The largest absolute Gasteiger partial charge is 0.469 e. The fraction of sp³-hybridized carbons (Fsp3) is 0.862. The van der Waals surface area contributed by atoms with Gasteiger partial charge >= 0.3 is 5.97 Å². The number of carbonyl (C=O) groups is 2. The molecule has 0 bridgehead atoms. The van der Waals surface area contributed by atoms with Crippen LogP contribution >= 0.6 is 0 Å². The predicted molar refractivity (Wildman–Crippen MR) is 133 cm³/mol. The Kier molecular flexibility index (Phi) is 9.61. The average molecular weight is 447 g/mol. The highest BCUT2D eigenvalue weighted by molar-refractivity contribution is 5.97. The highest BCUT2D eigenvalue weighted by Crippen LogP contribution is 2.65. The van der Waals surface area contributed by atoms with Crippen LogP contribution in [-0.4, -0.2) is 18.9 Å². The lowest BCUT2D eigenvalue weighted by atomic mass is 9.48. The van der Waals surface area contributed by atoms with Gasteiger partial charge in [0.05, 0.1) is 7.11 Å². The summed E-state index contributed by atoms with van der Waals surface area (Å²) in [6, 6.07) is 0. The smallest absolute Gasteiger partial charge is 0.305 e. The molecule has 0 aromatic carbocycles. The molecule has 0 heterocycles. The first-order valence-corrected chi connectivity index (χ1v) is 13.7. The van der Waals surface area contributed by atoms with E-state index in [-0.39, 0.29) is 16.8 Å². The Bertz CT molecular complexity index is 680. The zero-order chi connectivity index (χ0) is 24.1. The van der Waals surface area contributed by atoms with E-state index in [0.717, 1.165) is 18.8 Å². The van der Waals surface area contributed by atoms with Gasteiger partial charge in [0, 0.05) is 11.8 Å². The fourth-order valence-electron chi connectivity index (χ4n) is 7.94. The monoisotopic (exact) mass is 446 g/mol. The average Bonchev–Trinajstić information content (AvgIpc) is 3.19. The minimum absolute atomic E-state index is 0.132. The van der Waals surface area contributed by atoms with Crippen LogP contribution in [0.15, 0.2) is 11.6 Å². The third-order valence-electron chi connectivity index (χ3n) is 9.64. The topological polar surface area (TPSA) is 43.4 Å². The Morgan fingerprint density at radius 3 is 2.41 bits per heavy atom. The van der Waals surface area contributed by atoms with Crippen LogP contribution in [0.2, 0.25) is 0 Å². The standard InChI is InChI=1S/C25H38O3.2C2H6/c1-16(8-13-23(27)28-4)19-11-12-20-18-10-9-17-7-5-6-14-24(17,2)21(18)15-22(26)25(19,20)3;2*1-2/h15-20H,5-14H2,1-4H3;2*1-2H3/t16-,17?,18?,19?,20?,24?,25?;;/m1../s1. The molecule has 7 atom stereocenters. The molecule has 0 aliphatic heterocycles. The molecule has 184 valence electrons. The van der Waals surface area contributed by atoms with Crippen molar-refractivity contribution in [2.45, 2.75) is 113 Å². The lowest BCUT2D eigenvalue weighted by molar-refractivity contribution is -0.141. The first kappa shape index (κ1) is 27.1. The minimum Gasteiger partial charge on any atom is -0.469 e. The van der Waals surface area contributed by atoms with Gasteiger partial charge < -0.3 is 4.74 Å². The molecule has 0 amide bonds. The highest BCUT2D eigenvalue weighted by atomic mass is 16.5. The minimum atomic E-state index is -0.235. The van der Waals surface area contributed by atoms with Crippen molar-refractivity contribution in [1.82, 2.24) is 0 Å². The summed E-state index contributed by atoms with van der Waals surface area (Å²) in [6.45, 7) is 15.0. The fourth-order valence-corrected chi connectivity index (χ4v) is 7.94. The first-order chi connectivity index (χ1) is 15.3. The molecule has 4 aliphatic rings. The van der Waals surface area contributed by atoms with Crippen molar-refractivity contribution >= 4 is 11.8 Å². The van der Waals surface area contributed by atoms with Crippen molar-refractivity contribution < 1.29 is 14.3 Å². The van der Waals surface area contributed by atoms with Crippen molar-refractivity contribution in [3.63, 3.8) is 0 Å². The Hall–Kier alpha value is -1.12. The van der Waals surface area contributed by atoms with E-state index in [1.807, 2.05) is 27.7 Å². The van der Waals surface area contributed by atoms with Gasteiger partial charge in [0.15, 0.2) is 5.78 Å². The molecule has 3 saturated carbocycles. The van der Waals surface area contributed by atoms with Crippen LogP contribution in [0.25, 0.3) is 0 Å². The van der Waals surface area contributed by atoms with Crippen molar-refractivity contribution in [1.29, 1.82) is 0 Å².